The summed E-state index contributed by atoms with van der Waals surface area (Å²) in [5, 5.41) is 13.7. The van der Waals surface area contributed by atoms with Gasteiger partial charge in [-0.1, -0.05) is 18.2 Å². The van der Waals surface area contributed by atoms with Gasteiger partial charge in [0.1, 0.15) is 6.07 Å². The Bertz CT molecular complexity index is 1240. The molecule has 6 rings (SSSR count). The van der Waals surface area contributed by atoms with E-state index in [-0.39, 0.29) is 13.6 Å². The summed E-state index contributed by atoms with van der Waals surface area (Å²) in [7, 11) is 0. The van der Waals surface area contributed by atoms with Crippen molar-refractivity contribution in [1.82, 2.24) is 15.2 Å². The van der Waals surface area contributed by atoms with Crippen LogP contribution >= 0.6 is 0 Å². The van der Waals surface area contributed by atoms with Crippen molar-refractivity contribution in [3.8, 4) is 6.07 Å². The van der Waals surface area contributed by atoms with Crippen molar-refractivity contribution in [2.24, 2.45) is 0 Å². The van der Waals surface area contributed by atoms with Gasteiger partial charge in [0.25, 0.3) is 0 Å². The number of hydrogen-bond donors (Lipinski definition) is 1. The third-order valence-electron chi connectivity index (χ3n) is 7.60. The molecule has 1 N–H and O–H groups in total. The van der Waals surface area contributed by atoms with Crippen LogP contribution in [0.4, 0.5) is 11.4 Å². The van der Waals surface area contributed by atoms with Crippen molar-refractivity contribution in [2.75, 3.05) is 75.3 Å². The Balaban J connectivity index is 0.000000405. The van der Waals surface area contributed by atoms with E-state index >= 15 is 0 Å². The van der Waals surface area contributed by atoms with E-state index in [2.05, 4.69) is 87.4 Å². The first-order valence-electron chi connectivity index (χ1n) is 14.1. The lowest BCUT2D eigenvalue weighted by Gasteiger charge is -2.42. The molecule has 0 saturated carbocycles. The van der Waals surface area contributed by atoms with Crippen molar-refractivity contribution in [2.45, 2.75) is 32.2 Å². The van der Waals surface area contributed by atoms with Crippen LogP contribution in [0.3, 0.4) is 0 Å². The number of nitriles is 1. The second-order valence-electron chi connectivity index (χ2n) is 10.6. The molecule has 0 spiro atoms. The van der Waals surface area contributed by atoms with Gasteiger partial charge in [-0.15, -0.1) is 0 Å². The number of benzene rings is 2. The van der Waals surface area contributed by atoms with E-state index in [1.165, 1.54) is 5.69 Å². The maximum Gasteiger partial charge on any atom is 0.101 e. The van der Waals surface area contributed by atoms with Crippen LogP contribution in [0.1, 0.15) is 20.8 Å². The first-order chi connectivity index (χ1) is 19.1. The topological polar surface area (TPSA) is 76.9 Å². The number of nitrogens with one attached hydrogen (secondary N) is 1. The predicted molar refractivity (Wildman–Crippen MR) is 158 cm³/mol. The maximum atomic E-state index is 9.46. The minimum absolute atomic E-state index is 0. The van der Waals surface area contributed by atoms with Gasteiger partial charge in [-0.25, -0.2) is 0 Å². The molecule has 3 fully saturated rings. The fourth-order valence-electron chi connectivity index (χ4n) is 5.68. The van der Waals surface area contributed by atoms with Gasteiger partial charge >= 0.3 is 0 Å². The number of para-hydroxylation sites is 1. The Morgan fingerprint density at radius 2 is 1.79 bits per heavy atom. The van der Waals surface area contributed by atoms with E-state index in [4.69, 9.17) is 9.47 Å². The molecule has 3 saturated heterocycles. The maximum absolute atomic E-state index is 9.46. The Kier molecular flexibility index (Phi) is 9.27. The molecular weight excluding hydrogens is 488 g/mol. The Morgan fingerprint density at radius 3 is 2.49 bits per heavy atom. The molecule has 3 aliphatic rings. The molecule has 0 bridgehead atoms. The highest BCUT2D eigenvalue weighted by Gasteiger charge is 2.29. The minimum Gasteiger partial charge on any atom is -0.376 e. The van der Waals surface area contributed by atoms with E-state index < -0.39 is 0 Å². The van der Waals surface area contributed by atoms with E-state index in [1.54, 1.807) is 6.20 Å². The van der Waals surface area contributed by atoms with Crippen LogP contribution in [-0.4, -0.2) is 93.7 Å². The fraction of sp³-hybridized carbons (Fsp3) is 0.484. The number of rotatable bonds is 4. The van der Waals surface area contributed by atoms with Crippen LogP contribution < -0.4 is 15.1 Å². The molecule has 0 radical (unpaired) electrons. The summed E-state index contributed by atoms with van der Waals surface area (Å²) in [6, 6.07) is 20.9. The van der Waals surface area contributed by atoms with Gasteiger partial charge in [0.15, 0.2) is 0 Å². The summed E-state index contributed by atoms with van der Waals surface area (Å²) in [5.41, 5.74) is 3.85. The van der Waals surface area contributed by atoms with Crippen LogP contribution in [0.5, 0.6) is 0 Å². The fourth-order valence-corrected chi connectivity index (χ4v) is 5.68. The number of morpholine rings is 2. The van der Waals surface area contributed by atoms with Crippen LogP contribution in [0, 0.1) is 11.3 Å². The summed E-state index contributed by atoms with van der Waals surface area (Å²) < 4.78 is 11.6. The van der Waals surface area contributed by atoms with Gasteiger partial charge in [-0.05, 0) is 50.2 Å². The van der Waals surface area contributed by atoms with Crippen LogP contribution in [0.15, 0.2) is 60.8 Å². The predicted octanol–water partition coefficient (Wildman–Crippen LogP) is 3.76. The first-order valence-corrected chi connectivity index (χ1v) is 14.1. The minimum atomic E-state index is 0. The van der Waals surface area contributed by atoms with Gasteiger partial charge in [-0.3, -0.25) is 9.88 Å². The molecule has 1 unspecified atom stereocenters. The van der Waals surface area contributed by atoms with E-state index in [0.29, 0.717) is 11.7 Å². The zero-order valence-corrected chi connectivity index (χ0v) is 23.1. The lowest BCUT2D eigenvalue weighted by Crippen LogP contribution is -2.54. The molecule has 8 nitrogen and oxygen atoms in total. The third kappa shape index (κ3) is 7.06. The lowest BCUT2D eigenvalue weighted by molar-refractivity contribution is -0.0327. The van der Waals surface area contributed by atoms with Crippen LogP contribution in [0.25, 0.3) is 10.9 Å². The van der Waals surface area contributed by atoms with Crippen molar-refractivity contribution >= 4 is 22.3 Å². The number of aromatic nitrogens is 1. The highest BCUT2D eigenvalue weighted by atomic mass is 16.5. The number of nitrogens with zero attached hydrogens (tertiary/aromatic N) is 5. The third-order valence-corrected chi connectivity index (χ3v) is 7.60. The molecule has 3 aliphatic heterocycles. The highest BCUT2D eigenvalue weighted by molar-refractivity contribution is 5.95. The Hall–Kier alpha value is -3.22. The highest BCUT2D eigenvalue weighted by Crippen LogP contribution is 2.30. The summed E-state index contributed by atoms with van der Waals surface area (Å²) in [4.78, 5) is 11.9. The number of piperazine rings is 1. The van der Waals surface area contributed by atoms with Gasteiger partial charge in [0.05, 0.1) is 36.0 Å². The zero-order chi connectivity index (χ0) is 27.0. The molecule has 39 heavy (non-hydrogen) atoms. The average Bonchev–Trinajstić information content (AvgIpc) is 2.98. The smallest absolute Gasteiger partial charge is 0.101 e. The van der Waals surface area contributed by atoms with Crippen LogP contribution in [-0.2, 0) is 9.47 Å². The molecular formula is C31H42N6O2. The summed E-state index contributed by atoms with van der Waals surface area (Å²) >= 11 is 0. The van der Waals surface area contributed by atoms with Gasteiger partial charge in [0.2, 0.25) is 0 Å². The Morgan fingerprint density at radius 1 is 0.974 bits per heavy atom. The number of hydrogen-bond acceptors (Lipinski definition) is 8. The van der Waals surface area contributed by atoms with Crippen molar-refractivity contribution in [3.63, 3.8) is 0 Å². The second-order valence-corrected chi connectivity index (χ2v) is 10.6. The molecule has 3 atom stereocenters. The SMILES string of the molecule is CC1CNCCO1.C[C@@H]1CN(c2ccc(C#N)c3ncccc23)C[C@H](CN2CCN(c3ccccc3)CC2)O1.[HH]. The summed E-state index contributed by atoms with van der Waals surface area (Å²) in [6.07, 6.45) is 2.49. The van der Waals surface area contributed by atoms with E-state index in [9.17, 15) is 5.26 Å². The van der Waals surface area contributed by atoms with Gasteiger partial charge < -0.3 is 24.6 Å². The number of anilines is 2. The quantitative estimate of drug-likeness (QED) is 0.547. The molecule has 2 aromatic carbocycles. The monoisotopic (exact) mass is 530 g/mol. The van der Waals surface area contributed by atoms with E-state index in [0.717, 1.165) is 82.1 Å². The lowest BCUT2D eigenvalue weighted by atomic mass is 10.1. The van der Waals surface area contributed by atoms with E-state index in [1.807, 2.05) is 12.1 Å². The molecule has 1 aromatic heterocycles. The van der Waals surface area contributed by atoms with Gasteiger partial charge in [0, 0.05) is 83.3 Å². The van der Waals surface area contributed by atoms with Crippen molar-refractivity contribution < 1.29 is 10.9 Å². The standard InChI is InChI=1S/C26H29N5O.C5H11NO.H2/c1-20-17-31(25-10-9-21(16-27)26-24(25)8-5-11-28-26)19-23(32-20)18-29-12-14-30(15-13-29)22-6-3-2-4-7-22;1-5-4-6-2-3-7-5;/h2-11,20,23H,12-15,17-19H2,1H3;5-6H,2-4H2,1H3;1H/t20-,23+;;/m1../s1. The van der Waals surface area contributed by atoms with Crippen molar-refractivity contribution in [1.29, 1.82) is 5.26 Å². The molecule has 4 heterocycles. The molecule has 8 heteroatoms. The number of fused-ring (bicyclic) bond motifs is 1. The molecule has 208 valence electrons. The number of ether oxygens (including phenoxy) is 2. The second kappa shape index (κ2) is 13.2. The zero-order valence-electron chi connectivity index (χ0n) is 23.1. The van der Waals surface area contributed by atoms with Crippen molar-refractivity contribution in [3.05, 3.63) is 66.4 Å². The average molecular weight is 531 g/mol. The normalized spacial score (nSPS) is 24.1. The Labute approximate surface area is 233 Å². The summed E-state index contributed by atoms with van der Waals surface area (Å²) in [6.45, 7) is 13.9. The largest absolute Gasteiger partial charge is 0.376 e. The molecule has 0 aliphatic carbocycles. The first kappa shape index (κ1) is 27.4. The van der Waals surface area contributed by atoms with Crippen LogP contribution in [0.2, 0.25) is 0 Å². The number of pyridine rings is 1. The van der Waals surface area contributed by atoms with Gasteiger partial charge in [-0.2, -0.15) is 5.26 Å². The molecule has 3 aromatic rings. The summed E-state index contributed by atoms with van der Waals surface area (Å²) in [5.74, 6) is 0. The molecule has 0 amide bonds.